The van der Waals surface area contributed by atoms with E-state index in [1.54, 1.807) is 18.2 Å². The average Bonchev–Trinajstić information content (AvgIpc) is 2.78. The second-order valence-electron chi connectivity index (χ2n) is 4.32. The fourth-order valence-corrected chi connectivity index (χ4v) is 2.39. The molecule has 0 fully saturated rings. The summed E-state index contributed by atoms with van der Waals surface area (Å²) in [6.07, 6.45) is -0.243. The molecule has 6 nitrogen and oxygen atoms in total. The van der Waals surface area contributed by atoms with Crippen LogP contribution < -0.4 is 4.74 Å². The number of fused-ring (bicyclic) bond motifs is 1. The van der Waals surface area contributed by atoms with Crippen LogP contribution >= 0.6 is 0 Å². The van der Waals surface area contributed by atoms with Crippen molar-refractivity contribution >= 4 is 26.9 Å². The van der Waals surface area contributed by atoms with Gasteiger partial charge in [0.1, 0.15) is 17.4 Å². The topological polar surface area (TPSA) is 82.8 Å². The molecule has 0 aliphatic heterocycles. The highest BCUT2D eigenvalue weighted by Gasteiger charge is 2.23. The second kappa shape index (κ2) is 5.26. The van der Waals surface area contributed by atoms with Crippen LogP contribution in [0, 0.1) is 0 Å². The molecular formula is C13H14O6S. The molecule has 2 aromatic rings. The number of carbonyl (C=O) groups excluding carboxylic acids is 1. The van der Waals surface area contributed by atoms with Crippen LogP contribution in [0.25, 0.3) is 11.0 Å². The summed E-state index contributed by atoms with van der Waals surface area (Å²) in [5.41, 5.74) is 0.515. The molecule has 1 aromatic heterocycles. The van der Waals surface area contributed by atoms with E-state index in [9.17, 15) is 13.2 Å². The molecule has 1 heterocycles. The van der Waals surface area contributed by atoms with Gasteiger partial charge in [-0.15, -0.1) is 0 Å². The molecule has 0 aliphatic rings. The predicted octanol–water partition coefficient (Wildman–Crippen LogP) is 1.99. The summed E-state index contributed by atoms with van der Waals surface area (Å²) in [5, 5.41) is 0.694. The lowest BCUT2D eigenvalue weighted by Gasteiger charge is -2.07. The first-order valence-corrected chi connectivity index (χ1v) is 7.62. The van der Waals surface area contributed by atoms with E-state index in [0.29, 0.717) is 16.7 Å². The highest BCUT2D eigenvalue weighted by Crippen LogP contribution is 2.25. The van der Waals surface area contributed by atoms with Crippen LogP contribution in [0.15, 0.2) is 28.7 Å². The summed E-state index contributed by atoms with van der Waals surface area (Å²) in [6.45, 7) is 1.36. The number of carbonyl (C=O) groups is 1. The number of ketones is 1. The number of hydrogen-bond acceptors (Lipinski definition) is 6. The Kier molecular flexibility index (Phi) is 3.82. The Bertz CT molecular complexity index is 743. The Labute approximate surface area is 116 Å². The van der Waals surface area contributed by atoms with Crippen molar-refractivity contribution in [1.82, 2.24) is 0 Å². The maximum absolute atomic E-state index is 12.0. The van der Waals surface area contributed by atoms with Crippen molar-refractivity contribution in [3.05, 3.63) is 30.0 Å². The van der Waals surface area contributed by atoms with E-state index >= 15 is 0 Å². The molecule has 0 bridgehead atoms. The normalized spacial score (nSPS) is 13.3. The lowest BCUT2D eigenvalue weighted by Crippen LogP contribution is -2.23. The van der Waals surface area contributed by atoms with Gasteiger partial charge >= 0.3 is 0 Å². The average molecular weight is 298 g/mol. The van der Waals surface area contributed by atoms with Crippen LogP contribution in [0.5, 0.6) is 5.75 Å². The molecule has 0 saturated heterocycles. The first kappa shape index (κ1) is 14.5. The molecular weight excluding hydrogens is 284 g/mol. The molecule has 2 rings (SSSR count). The Balaban J connectivity index is 2.31. The Morgan fingerprint density at radius 2 is 2.00 bits per heavy atom. The van der Waals surface area contributed by atoms with Crippen LogP contribution in [0.2, 0.25) is 0 Å². The largest absolute Gasteiger partial charge is 0.497 e. The number of methoxy groups -OCH3 is 1. The number of ether oxygens (including phenoxy) is 1. The summed E-state index contributed by atoms with van der Waals surface area (Å²) in [7, 11) is -2.16. The summed E-state index contributed by atoms with van der Waals surface area (Å²) >= 11 is 0. The van der Waals surface area contributed by atoms with Crippen LogP contribution in [-0.4, -0.2) is 33.7 Å². The first-order chi connectivity index (χ1) is 9.30. The second-order valence-corrected chi connectivity index (χ2v) is 5.92. The van der Waals surface area contributed by atoms with Gasteiger partial charge in [-0.25, -0.2) is 0 Å². The molecule has 1 atom stereocenters. The zero-order valence-corrected chi connectivity index (χ0v) is 12.1. The number of Topliss-reactive ketones (excluding diaryl/α,β-unsaturated/α-hetero) is 1. The lowest BCUT2D eigenvalue weighted by molar-refractivity contribution is 0.0800. The van der Waals surface area contributed by atoms with E-state index in [4.69, 9.17) is 9.15 Å². The van der Waals surface area contributed by atoms with Crippen molar-refractivity contribution in [3.8, 4) is 5.75 Å². The van der Waals surface area contributed by atoms with Gasteiger partial charge in [-0.1, -0.05) is 0 Å². The van der Waals surface area contributed by atoms with Gasteiger partial charge in [0.15, 0.2) is 5.76 Å². The summed E-state index contributed by atoms with van der Waals surface area (Å²) in [5.74, 6) is 0.146. The number of hydrogen-bond donors (Lipinski definition) is 0. The van der Waals surface area contributed by atoms with Crippen LogP contribution in [0.1, 0.15) is 17.5 Å². The highest BCUT2D eigenvalue weighted by atomic mass is 32.2. The van der Waals surface area contributed by atoms with E-state index in [0.717, 1.165) is 6.26 Å². The van der Waals surface area contributed by atoms with Crippen LogP contribution in [-0.2, 0) is 14.3 Å². The Morgan fingerprint density at radius 3 is 2.60 bits per heavy atom. The standard InChI is InChI=1S/C13H14O6S/c1-8(19-20(3,15)16)13(14)12-7-9-6-10(17-2)4-5-11(9)18-12/h4-8H,1-3H3/t8-/m0/s1. The number of rotatable bonds is 5. The zero-order valence-electron chi connectivity index (χ0n) is 11.2. The van der Waals surface area contributed by atoms with Crippen molar-refractivity contribution in [1.29, 1.82) is 0 Å². The molecule has 1 aromatic carbocycles. The third-order valence-corrected chi connectivity index (χ3v) is 3.29. The van der Waals surface area contributed by atoms with E-state index in [2.05, 4.69) is 4.18 Å². The molecule has 0 N–H and O–H groups in total. The predicted molar refractivity (Wildman–Crippen MR) is 72.5 cm³/mol. The molecule has 0 radical (unpaired) electrons. The molecule has 0 saturated carbocycles. The molecule has 0 amide bonds. The van der Waals surface area contributed by atoms with Gasteiger partial charge in [-0.2, -0.15) is 8.42 Å². The Morgan fingerprint density at radius 1 is 1.30 bits per heavy atom. The molecule has 108 valence electrons. The van der Waals surface area contributed by atoms with E-state index < -0.39 is 22.0 Å². The minimum atomic E-state index is -3.70. The zero-order chi connectivity index (χ0) is 14.9. The van der Waals surface area contributed by atoms with Crippen molar-refractivity contribution in [2.24, 2.45) is 0 Å². The fourth-order valence-electron chi connectivity index (χ4n) is 1.78. The van der Waals surface area contributed by atoms with Gasteiger partial charge in [0.25, 0.3) is 10.1 Å². The van der Waals surface area contributed by atoms with Gasteiger partial charge < -0.3 is 9.15 Å². The van der Waals surface area contributed by atoms with Gasteiger partial charge in [0, 0.05) is 5.39 Å². The quantitative estimate of drug-likeness (QED) is 0.620. The van der Waals surface area contributed by atoms with E-state index in [-0.39, 0.29) is 5.76 Å². The minimum absolute atomic E-state index is 0.0457. The van der Waals surface area contributed by atoms with Crippen LogP contribution in [0.4, 0.5) is 0 Å². The minimum Gasteiger partial charge on any atom is -0.497 e. The summed E-state index contributed by atoms with van der Waals surface area (Å²) in [4.78, 5) is 12.0. The maximum atomic E-state index is 12.0. The molecule has 0 spiro atoms. The summed E-state index contributed by atoms with van der Waals surface area (Å²) in [6, 6.07) is 6.63. The molecule has 0 unspecified atom stereocenters. The smallest absolute Gasteiger partial charge is 0.265 e. The van der Waals surface area contributed by atoms with Gasteiger partial charge in [0.2, 0.25) is 5.78 Å². The van der Waals surface area contributed by atoms with Crippen LogP contribution in [0.3, 0.4) is 0 Å². The van der Waals surface area contributed by atoms with Crippen molar-refractivity contribution < 1.29 is 26.5 Å². The summed E-state index contributed by atoms with van der Waals surface area (Å²) < 4.78 is 37.1. The van der Waals surface area contributed by atoms with E-state index in [1.165, 1.54) is 20.1 Å². The van der Waals surface area contributed by atoms with Crippen molar-refractivity contribution in [2.45, 2.75) is 13.0 Å². The Hall–Kier alpha value is -1.86. The maximum Gasteiger partial charge on any atom is 0.265 e. The number of furan rings is 1. The lowest BCUT2D eigenvalue weighted by atomic mass is 10.2. The third kappa shape index (κ3) is 3.17. The van der Waals surface area contributed by atoms with E-state index in [1.807, 2.05) is 0 Å². The molecule has 20 heavy (non-hydrogen) atoms. The van der Waals surface area contributed by atoms with Gasteiger partial charge in [-0.3, -0.25) is 8.98 Å². The highest BCUT2D eigenvalue weighted by molar-refractivity contribution is 7.86. The van der Waals surface area contributed by atoms with Gasteiger partial charge in [-0.05, 0) is 31.2 Å². The van der Waals surface area contributed by atoms with Crippen molar-refractivity contribution in [2.75, 3.05) is 13.4 Å². The first-order valence-electron chi connectivity index (χ1n) is 5.80. The monoisotopic (exact) mass is 298 g/mol. The van der Waals surface area contributed by atoms with Crippen molar-refractivity contribution in [3.63, 3.8) is 0 Å². The third-order valence-electron chi connectivity index (χ3n) is 2.65. The number of benzene rings is 1. The molecule has 0 aliphatic carbocycles. The SMILES string of the molecule is COc1ccc2oc(C(=O)[C@H](C)OS(C)(=O)=O)cc2c1. The molecule has 7 heteroatoms. The van der Waals surface area contributed by atoms with Gasteiger partial charge in [0.05, 0.1) is 13.4 Å². The fraction of sp³-hybridized carbons (Fsp3) is 0.308.